The Morgan fingerprint density at radius 1 is 1.53 bits per heavy atom. The highest BCUT2D eigenvalue weighted by Gasteiger charge is 2.23. The van der Waals surface area contributed by atoms with Crippen LogP contribution < -0.4 is 10.5 Å². The number of hydrogen-bond acceptors (Lipinski definition) is 3. The van der Waals surface area contributed by atoms with Crippen molar-refractivity contribution in [1.29, 1.82) is 0 Å². The molecule has 0 saturated carbocycles. The lowest BCUT2D eigenvalue weighted by molar-refractivity contribution is 0.364. The third kappa shape index (κ3) is 4.46. The average Bonchev–Trinajstić information content (AvgIpc) is 2.62. The molecular weight excluding hydrogens is 214 g/mol. The lowest BCUT2D eigenvalue weighted by atomic mass is 10.2. The summed E-state index contributed by atoms with van der Waals surface area (Å²) >= 11 is 0. The molecule has 3 N–H and O–H groups in total. The summed E-state index contributed by atoms with van der Waals surface area (Å²) in [5.74, 6) is 0. The van der Waals surface area contributed by atoms with E-state index in [1.807, 2.05) is 6.92 Å². The molecule has 6 heteroatoms. The summed E-state index contributed by atoms with van der Waals surface area (Å²) in [6.45, 7) is 4.07. The van der Waals surface area contributed by atoms with Crippen molar-refractivity contribution in [2.75, 3.05) is 19.6 Å². The van der Waals surface area contributed by atoms with Crippen molar-refractivity contribution in [1.82, 2.24) is 9.62 Å². The summed E-state index contributed by atoms with van der Waals surface area (Å²) in [5, 5.41) is 8.44. The van der Waals surface area contributed by atoms with Gasteiger partial charge in [-0.25, -0.2) is 5.14 Å². The molecule has 0 aliphatic carbocycles. The Balaban J connectivity index is 2.48. The third-order valence-corrected chi connectivity index (χ3v) is 3.76. The summed E-state index contributed by atoms with van der Waals surface area (Å²) in [7, 11) is -3.53. The van der Waals surface area contributed by atoms with Crippen molar-refractivity contribution in [3.05, 3.63) is 0 Å². The number of nitrogens with two attached hydrogens (primary N) is 1. The minimum atomic E-state index is -3.53. The van der Waals surface area contributed by atoms with Crippen LogP contribution in [0.3, 0.4) is 0 Å². The molecule has 1 atom stereocenters. The van der Waals surface area contributed by atoms with Crippen LogP contribution in [0.5, 0.6) is 0 Å². The first-order chi connectivity index (χ1) is 7.04. The van der Waals surface area contributed by atoms with Gasteiger partial charge >= 0.3 is 0 Å². The first-order valence-electron chi connectivity index (χ1n) is 5.55. The van der Waals surface area contributed by atoms with E-state index in [4.69, 9.17) is 5.14 Å². The van der Waals surface area contributed by atoms with Crippen LogP contribution in [0, 0.1) is 0 Å². The van der Waals surface area contributed by atoms with Gasteiger partial charge in [-0.1, -0.05) is 13.3 Å². The highest BCUT2D eigenvalue weighted by atomic mass is 32.2. The smallest absolute Gasteiger partial charge is 0.276 e. The number of unbranched alkanes of at least 4 members (excludes halogenated alkanes) is 1. The van der Waals surface area contributed by atoms with Gasteiger partial charge in [0.15, 0.2) is 0 Å². The molecule has 0 aromatic carbocycles. The van der Waals surface area contributed by atoms with Gasteiger partial charge < -0.3 is 5.32 Å². The maximum absolute atomic E-state index is 11.3. The molecule has 0 amide bonds. The van der Waals surface area contributed by atoms with Gasteiger partial charge in [0.2, 0.25) is 0 Å². The molecule has 15 heavy (non-hydrogen) atoms. The van der Waals surface area contributed by atoms with E-state index < -0.39 is 10.2 Å². The fraction of sp³-hybridized carbons (Fsp3) is 1.00. The van der Waals surface area contributed by atoms with Crippen molar-refractivity contribution < 1.29 is 8.42 Å². The Labute approximate surface area is 92.2 Å². The monoisotopic (exact) mass is 235 g/mol. The van der Waals surface area contributed by atoms with E-state index in [9.17, 15) is 8.42 Å². The van der Waals surface area contributed by atoms with Gasteiger partial charge in [-0.05, 0) is 25.8 Å². The molecule has 0 bridgehead atoms. The second-order valence-electron chi connectivity index (χ2n) is 4.05. The maximum Gasteiger partial charge on any atom is 0.276 e. The predicted molar refractivity (Wildman–Crippen MR) is 60.6 cm³/mol. The van der Waals surface area contributed by atoms with Crippen LogP contribution in [-0.4, -0.2) is 38.4 Å². The molecule has 1 heterocycles. The van der Waals surface area contributed by atoms with Gasteiger partial charge in [-0.15, -0.1) is 0 Å². The summed E-state index contributed by atoms with van der Waals surface area (Å²) in [5.41, 5.74) is 0. The van der Waals surface area contributed by atoms with Gasteiger partial charge in [0.25, 0.3) is 10.2 Å². The highest BCUT2D eigenvalue weighted by Crippen LogP contribution is 2.09. The summed E-state index contributed by atoms with van der Waals surface area (Å²) in [6.07, 6.45) is 4.00. The predicted octanol–water partition coefficient (Wildman–Crippen LogP) is 0.0440. The molecular formula is C9H21N3O2S. The molecule has 1 aliphatic rings. The zero-order valence-corrected chi connectivity index (χ0v) is 10.1. The minimum Gasteiger partial charge on any atom is -0.313 e. The molecule has 5 nitrogen and oxygen atoms in total. The number of rotatable bonds is 6. The Bertz CT molecular complexity index is 273. The number of nitrogens with one attached hydrogen (secondary N) is 1. The fourth-order valence-electron chi connectivity index (χ4n) is 1.82. The lowest BCUT2D eigenvalue weighted by Crippen LogP contribution is -2.44. The zero-order chi connectivity index (χ0) is 11.3. The molecule has 0 radical (unpaired) electrons. The second kappa shape index (κ2) is 5.79. The lowest BCUT2D eigenvalue weighted by Gasteiger charge is -2.22. The largest absolute Gasteiger partial charge is 0.313 e. The molecule has 1 saturated heterocycles. The topological polar surface area (TPSA) is 75.4 Å². The summed E-state index contributed by atoms with van der Waals surface area (Å²) in [4.78, 5) is 0. The van der Waals surface area contributed by atoms with Gasteiger partial charge in [-0.3, -0.25) is 0 Å². The Morgan fingerprint density at radius 3 is 2.73 bits per heavy atom. The van der Waals surface area contributed by atoms with Crippen LogP contribution in [0.4, 0.5) is 0 Å². The van der Waals surface area contributed by atoms with Gasteiger partial charge in [0.1, 0.15) is 0 Å². The molecule has 1 fully saturated rings. The van der Waals surface area contributed by atoms with E-state index in [0.717, 1.165) is 32.2 Å². The van der Waals surface area contributed by atoms with Crippen LogP contribution in [0.2, 0.25) is 0 Å². The average molecular weight is 235 g/mol. The molecule has 1 aliphatic heterocycles. The zero-order valence-electron chi connectivity index (χ0n) is 9.28. The van der Waals surface area contributed by atoms with E-state index in [1.54, 1.807) is 0 Å². The fourth-order valence-corrected chi connectivity index (χ4v) is 2.59. The van der Waals surface area contributed by atoms with Crippen molar-refractivity contribution in [3.63, 3.8) is 0 Å². The molecule has 1 unspecified atom stereocenters. The van der Waals surface area contributed by atoms with Crippen molar-refractivity contribution in [2.24, 2.45) is 5.14 Å². The Kier molecular flexibility index (Phi) is 4.98. The van der Waals surface area contributed by atoms with E-state index in [-0.39, 0.29) is 6.04 Å². The molecule has 0 aromatic heterocycles. The van der Waals surface area contributed by atoms with Crippen molar-refractivity contribution in [3.8, 4) is 0 Å². The highest BCUT2D eigenvalue weighted by molar-refractivity contribution is 7.86. The van der Waals surface area contributed by atoms with E-state index in [1.165, 1.54) is 4.31 Å². The van der Waals surface area contributed by atoms with E-state index >= 15 is 0 Å². The Hall–Kier alpha value is -0.170. The van der Waals surface area contributed by atoms with Crippen LogP contribution in [0.15, 0.2) is 0 Å². The SMILES string of the molecule is CCCCN(CC1CCCN1)S(N)(=O)=O. The maximum atomic E-state index is 11.3. The van der Waals surface area contributed by atoms with Crippen LogP contribution in [-0.2, 0) is 10.2 Å². The Morgan fingerprint density at radius 2 is 2.27 bits per heavy atom. The number of hydrogen-bond donors (Lipinski definition) is 2. The first kappa shape index (κ1) is 12.9. The molecule has 0 aromatic rings. The molecule has 1 rings (SSSR count). The second-order valence-corrected chi connectivity index (χ2v) is 5.60. The van der Waals surface area contributed by atoms with E-state index in [0.29, 0.717) is 13.1 Å². The van der Waals surface area contributed by atoms with Crippen LogP contribution >= 0.6 is 0 Å². The van der Waals surface area contributed by atoms with Gasteiger partial charge in [0.05, 0.1) is 0 Å². The first-order valence-corrected chi connectivity index (χ1v) is 7.05. The van der Waals surface area contributed by atoms with Crippen LogP contribution in [0.1, 0.15) is 32.6 Å². The molecule has 90 valence electrons. The van der Waals surface area contributed by atoms with E-state index in [2.05, 4.69) is 5.32 Å². The van der Waals surface area contributed by atoms with Gasteiger partial charge in [0, 0.05) is 19.1 Å². The normalized spacial score (nSPS) is 22.5. The van der Waals surface area contributed by atoms with Gasteiger partial charge in [-0.2, -0.15) is 12.7 Å². The number of nitrogens with zero attached hydrogens (tertiary/aromatic N) is 1. The minimum absolute atomic E-state index is 0.278. The van der Waals surface area contributed by atoms with Crippen LogP contribution in [0.25, 0.3) is 0 Å². The standard InChI is InChI=1S/C9H21N3O2S/c1-2-3-7-12(15(10,13)14)8-9-5-4-6-11-9/h9,11H,2-8H2,1H3,(H2,10,13,14). The molecule has 0 spiro atoms. The summed E-state index contributed by atoms with van der Waals surface area (Å²) in [6, 6.07) is 0.278. The quantitative estimate of drug-likeness (QED) is 0.683. The summed E-state index contributed by atoms with van der Waals surface area (Å²) < 4.78 is 24.0. The van der Waals surface area contributed by atoms with Crippen molar-refractivity contribution >= 4 is 10.2 Å². The third-order valence-electron chi connectivity index (χ3n) is 2.71. The van der Waals surface area contributed by atoms with Crippen molar-refractivity contribution in [2.45, 2.75) is 38.6 Å².